The monoisotopic (exact) mass is 225 g/mol. The van der Waals surface area contributed by atoms with Crippen LogP contribution in [-0.4, -0.2) is 23.4 Å². The Morgan fingerprint density at radius 3 is 2.81 bits per heavy atom. The Morgan fingerprint density at radius 1 is 1.50 bits per heavy atom. The third-order valence-electron chi connectivity index (χ3n) is 2.80. The summed E-state index contributed by atoms with van der Waals surface area (Å²) >= 11 is 0. The molecule has 1 heterocycles. The van der Waals surface area contributed by atoms with Gasteiger partial charge in [-0.25, -0.2) is 0 Å². The lowest BCUT2D eigenvalue weighted by atomic mass is 10.1. The molecule has 0 saturated carbocycles. The van der Waals surface area contributed by atoms with E-state index >= 15 is 0 Å². The number of aromatic nitrogens is 2. The predicted octanol–water partition coefficient (Wildman–Crippen LogP) is 2.27. The molecular weight excluding hydrogens is 202 g/mol. The molecule has 1 rings (SSSR count). The van der Waals surface area contributed by atoms with Crippen molar-refractivity contribution in [3.05, 3.63) is 11.9 Å². The zero-order valence-electron chi connectivity index (χ0n) is 10.8. The normalized spacial score (nSPS) is 12.8. The van der Waals surface area contributed by atoms with Gasteiger partial charge in [0.05, 0.1) is 25.0 Å². The van der Waals surface area contributed by atoms with Gasteiger partial charge in [0, 0.05) is 7.05 Å². The molecule has 0 amide bonds. The molecule has 4 heteroatoms. The quantitative estimate of drug-likeness (QED) is 0.773. The molecule has 16 heavy (non-hydrogen) atoms. The van der Waals surface area contributed by atoms with Crippen molar-refractivity contribution in [3.8, 4) is 5.75 Å². The fraction of sp³-hybridized carbons (Fsp3) is 0.750. The molecule has 1 aromatic heterocycles. The van der Waals surface area contributed by atoms with Crippen LogP contribution in [0.25, 0.3) is 0 Å². The van der Waals surface area contributed by atoms with Crippen molar-refractivity contribution >= 4 is 0 Å². The molecule has 0 aliphatic rings. The molecule has 0 bridgehead atoms. The number of hydrogen-bond acceptors (Lipinski definition) is 3. The van der Waals surface area contributed by atoms with Crippen LogP contribution in [0.1, 0.15) is 44.8 Å². The van der Waals surface area contributed by atoms with E-state index in [1.165, 1.54) is 12.8 Å². The van der Waals surface area contributed by atoms with E-state index in [9.17, 15) is 0 Å². The summed E-state index contributed by atoms with van der Waals surface area (Å²) in [5.74, 6) is 0.879. The lowest BCUT2D eigenvalue weighted by Gasteiger charge is -2.19. The van der Waals surface area contributed by atoms with E-state index in [0.717, 1.165) is 24.4 Å². The van der Waals surface area contributed by atoms with Crippen molar-refractivity contribution < 1.29 is 4.74 Å². The molecule has 1 N–H and O–H groups in total. The summed E-state index contributed by atoms with van der Waals surface area (Å²) in [6.07, 6.45) is 5.33. The molecular formula is C12H23N3O. The highest BCUT2D eigenvalue weighted by atomic mass is 16.5. The van der Waals surface area contributed by atoms with Gasteiger partial charge in [0.2, 0.25) is 0 Å². The van der Waals surface area contributed by atoms with E-state index in [1.54, 1.807) is 13.3 Å². The van der Waals surface area contributed by atoms with Crippen molar-refractivity contribution in [2.75, 3.05) is 13.7 Å². The van der Waals surface area contributed by atoms with Crippen LogP contribution in [-0.2, 0) is 7.05 Å². The fourth-order valence-corrected chi connectivity index (χ4v) is 1.97. The number of ether oxygens (including phenoxy) is 1. The number of nitrogens with one attached hydrogen (secondary N) is 1. The Balaban J connectivity index is 2.85. The molecule has 0 aromatic carbocycles. The second-order valence-corrected chi connectivity index (χ2v) is 3.97. The molecule has 1 atom stereocenters. The summed E-state index contributed by atoms with van der Waals surface area (Å²) in [6.45, 7) is 5.30. The second kappa shape index (κ2) is 6.53. The summed E-state index contributed by atoms with van der Waals surface area (Å²) in [4.78, 5) is 0. The smallest absolute Gasteiger partial charge is 0.161 e. The average molecular weight is 225 g/mol. The highest BCUT2D eigenvalue weighted by Gasteiger charge is 2.19. The standard InChI is InChI=1S/C12H23N3O/c1-5-7-8-10(13-6-2)12-11(16-4)9-14-15(12)3/h9-10,13H,5-8H2,1-4H3. The largest absolute Gasteiger partial charge is 0.493 e. The minimum Gasteiger partial charge on any atom is -0.493 e. The van der Waals surface area contributed by atoms with Crippen LogP contribution in [0.4, 0.5) is 0 Å². The molecule has 0 aliphatic carbocycles. The molecule has 0 aliphatic heterocycles. The van der Waals surface area contributed by atoms with Gasteiger partial charge >= 0.3 is 0 Å². The maximum atomic E-state index is 5.35. The SMILES string of the molecule is CCCCC(NCC)c1c(OC)cnn1C. The van der Waals surface area contributed by atoms with E-state index in [4.69, 9.17) is 4.74 Å². The Hall–Kier alpha value is -1.03. The Morgan fingerprint density at radius 2 is 2.25 bits per heavy atom. The highest BCUT2D eigenvalue weighted by molar-refractivity contribution is 5.28. The van der Waals surface area contributed by atoms with Gasteiger partial charge in [-0.2, -0.15) is 5.10 Å². The van der Waals surface area contributed by atoms with Crippen LogP contribution in [0.15, 0.2) is 6.20 Å². The molecule has 0 radical (unpaired) electrons. The van der Waals surface area contributed by atoms with Gasteiger partial charge < -0.3 is 10.1 Å². The Labute approximate surface area is 98.0 Å². The van der Waals surface area contributed by atoms with Gasteiger partial charge in [0.1, 0.15) is 0 Å². The number of methoxy groups -OCH3 is 1. The van der Waals surface area contributed by atoms with E-state index in [1.807, 2.05) is 11.7 Å². The fourth-order valence-electron chi connectivity index (χ4n) is 1.97. The second-order valence-electron chi connectivity index (χ2n) is 3.97. The number of aryl methyl sites for hydroxylation is 1. The molecule has 0 spiro atoms. The molecule has 0 fully saturated rings. The first-order valence-electron chi connectivity index (χ1n) is 6.03. The minimum absolute atomic E-state index is 0.340. The maximum Gasteiger partial charge on any atom is 0.161 e. The van der Waals surface area contributed by atoms with Crippen LogP contribution in [0.5, 0.6) is 5.75 Å². The Kier molecular flexibility index (Phi) is 5.32. The summed E-state index contributed by atoms with van der Waals surface area (Å²) in [6, 6.07) is 0.340. The molecule has 4 nitrogen and oxygen atoms in total. The minimum atomic E-state index is 0.340. The van der Waals surface area contributed by atoms with E-state index < -0.39 is 0 Å². The summed E-state index contributed by atoms with van der Waals surface area (Å²) < 4.78 is 7.25. The van der Waals surface area contributed by atoms with E-state index in [0.29, 0.717) is 6.04 Å². The van der Waals surface area contributed by atoms with Crippen LogP contribution in [0.3, 0.4) is 0 Å². The lowest BCUT2D eigenvalue weighted by molar-refractivity contribution is 0.387. The van der Waals surface area contributed by atoms with Gasteiger partial charge in [-0.15, -0.1) is 0 Å². The summed E-state index contributed by atoms with van der Waals surface area (Å²) in [7, 11) is 3.66. The number of rotatable bonds is 7. The Bertz CT molecular complexity index is 309. The van der Waals surface area contributed by atoms with Crippen molar-refractivity contribution in [2.24, 2.45) is 7.05 Å². The van der Waals surface area contributed by atoms with Gasteiger partial charge in [-0.3, -0.25) is 4.68 Å². The highest BCUT2D eigenvalue weighted by Crippen LogP contribution is 2.27. The van der Waals surface area contributed by atoms with E-state index in [-0.39, 0.29) is 0 Å². The van der Waals surface area contributed by atoms with Crippen molar-refractivity contribution in [2.45, 2.75) is 39.2 Å². The summed E-state index contributed by atoms with van der Waals surface area (Å²) in [5, 5.41) is 7.74. The summed E-state index contributed by atoms with van der Waals surface area (Å²) in [5.41, 5.74) is 1.15. The van der Waals surface area contributed by atoms with Crippen molar-refractivity contribution in [3.63, 3.8) is 0 Å². The van der Waals surface area contributed by atoms with Crippen LogP contribution in [0, 0.1) is 0 Å². The van der Waals surface area contributed by atoms with Crippen LogP contribution < -0.4 is 10.1 Å². The number of hydrogen-bond donors (Lipinski definition) is 1. The molecule has 1 aromatic rings. The first kappa shape index (κ1) is 13.0. The van der Waals surface area contributed by atoms with Gasteiger partial charge in [0.15, 0.2) is 5.75 Å². The van der Waals surface area contributed by atoms with Crippen molar-refractivity contribution in [1.29, 1.82) is 0 Å². The van der Waals surface area contributed by atoms with Crippen LogP contribution >= 0.6 is 0 Å². The first-order chi connectivity index (χ1) is 7.74. The maximum absolute atomic E-state index is 5.35. The van der Waals surface area contributed by atoms with Gasteiger partial charge in [0.25, 0.3) is 0 Å². The van der Waals surface area contributed by atoms with Gasteiger partial charge in [-0.05, 0) is 13.0 Å². The number of nitrogens with zero attached hydrogens (tertiary/aromatic N) is 2. The lowest BCUT2D eigenvalue weighted by Crippen LogP contribution is -2.23. The molecule has 92 valence electrons. The van der Waals surface area contributed by atoms with Crippen LogP contribution in [0.2, 0.25) is 0 Å². The molecule has 1 unspecified atom stereocenters. The van der Waals surface area contributed by atoms with Gasteiger partial charge in [-0.1, -0.05) is 26.7 Å². The zero-order valence-corrected chi connectivity index (χ0v) is 10.8. The third kappa shape index (κ3) is 2.98. The van der Waals surface area contributed by atoms with Crippen molar-refractivity contribution in [1.82, 2.24) is 15.1 Å². The third-order valence-corrected chi connectivity index (χ3v) is 2.80. The first-order valence-corrected chi connectivity index (χ1v) is 6.03. The topological polar surface area (TPSA) is 39.1 Å². The average Bonchev–Trinajstić information content (AvgIpc) is 2.66. The van der Waals surface area contributed by atoms with E-state index in [2.05, 4.69) is 24.3 Å². The number of unbranched alkanes of at least 4 members (excludes halogenated alkanes) is 1. The molecule has 0 saturated heterocycles. The zero-order chi connectivity index (χ0) is 12.0. The predicted molar refractivity (Wildman–Crippen MR) is 65.7 cm³/mol.